The van der Waals surface area contributed by atoms with Crippen LogP contribution in [0.1, 0.15) is 12.8 Å². The molecule has 0 saturated heterocycles. The van der Waals surface area contributed by atoms with Crippen molar-refractivity contribution < 1.29 is 14.3 Å². The largest absolute Gasteiger partial charge is 0.481 e. The summed E-state index contributed by atoms with van der Waals surface area (Å²) in [5.41, 5.74) is 0. The molecule has 52 valence electrons. The number of alkyl halides is 1. The second kappa shape index (κ2) is 2.33. The quantitative estimate of drug-likeness (QED) is 0.610. The van der Waals surface area contributed by atoms with E-state index in [4.69, 9.17) is 5.11 Å². The SMILES string of the molecule is O=C(O)[C@H]1CC[C@H]1CF. The van der Waals surface area contributed by atoms with Gasteiger partial charge in [0.2, 0.25) is 0 Å². The van der Waals surface area contributed by atoms with Gasteiger partial charge in [-0.25, -0.2) is 0 Å². The third-order valence-corrected chi connectivity index (χ3v) is 1.93. The smallest absolute Gasteiger partial charge is 0.306 e. The molecule has 0 unspecified atom stereocenters. The van der Waals surface area contributed by atoms with Crippen LogP contribution in [0.2, 0.25) is 0 Å². The molecule has 2 nitrogen and oxygen atoms in total. The van der Waals surface area contributed by atoms with E-state index in [9.17, 15) is 9.18 Å². The zero-order chi connectivity index (χ0) is 6.85. The highest BCUT2D eigenvalue weighted by Crippen LogP contribution is 2.34. The van der Waals surface area contributed by atoms with Crippen LogP contribution in [0.5, 0.6) is 0 Å². The lowest BCUT2D eigenvalue weighted by molar-refractivity contribution is -0.148. The van der Waals surface area contributed by atoms with Gasteiger partial charge >= 0.3 is 5.97 Å². The lowest BCUT2D eigenvalue weighted by atomic mass is 9.74. The van der Waals surface area contributed by atoms with Gasteiger partial charge in [-0.05, 0) is 12.8 Å². The predicted molar refractivity (Wildman–Crippen MR) is 29.8 cm³/mol. The van der Waals surface area contributed by atoms with Crippen molar-refractivity contribution in [3.05, 3.63) is 0 Å². The molecule has 1 N–H and O–H groups in total. The zero-order valence-electron chi connectivity index (χ0n) is 5.01. The Hall–Kier alpha value is -0.600. The maximum absolute atomic E-state index is 11.8. The highest BCUT2D eigenvalue weighted by Gasteiger charge is 2.36. The monoisotopic (exact) mass is 132 g/mol. The first-order valence-electron chi connectivity index (χ1n) is 3.04. The summed E-state index contributed by atoms with van der Waals surface area (Å²) < 4.78 is 11.8. The van der Waals surface area contributed by atoms with Crippen molar-refractivity contribution in [1.82, 2.24) is 0 Å². The van der Waals surface area contributed by atoms with Gasteiger partial charge in [-0.3, -0.25) is 9.18 Å². The van der Waals surface area contributed by atoms with Gasteiger partial charge in [0.05, 0.1) is 12.6 Å². The van der Waals surface area contributed by atoms with E-state index in [1.807, 2.05) is 0 Å². The van der Waals surface area contributed by atoms with Crippen molar-refractivity contribution in [3.8, 4) is 0 Å². The fourth-order valence-electron chi connectivity index (χ4n) is 1.08. The molecule has 1 aliphatic carbocycles. The first-order valence-corrected chi connectivity index (χ1v) is 3.04. The molecule has 9 heavy (non-hydrogen) atoms. The summed E-state index contributed by atoms with van der Waals surface area (Å²) in [4.78, 5) is 10.2. The van der Waals surface area contributed by atoms with Gasteiger partial charge in [0.15, 0.2) is 0 Å². The molecule has 0 bridgehead atoms. The fraction of sp³-hybridized carbons (Fsp3) is 0.833. The molecule has 0 aliphatic heterocycles. The number of hydrogen-bond donors (Lipinski definition) is 1. The number of hydrogen-bond acceptors (Lipinski definition) is 1. The van der Waals surface area contributed by atoms with Crippen LogP contribution in [0.15, 0.2) is 0 Å². The number of halogens is 1. The average molecular weight is 132 g/mol. The van der Waals surface area contributed by atoms with Crippen molar-refractivity contribution >= 4 is 5.97 Å². The van der Waals surface area contributed by atoms with E-state index in [0.717, 1.165) is 6.42 Å². The minimum Gasteiger partial charge on any atom is -0.481 e. The number of rotatable bonds is 2. The molecule has 1 rings (SSSR count). The molecule has 0 aromatic heterocycles. The number of carboxylic acid groups (broad SMARTS) is 1. The first-order chi connectivity index (χ1) is 4.25. The highest BCUT2D eigenvalue weighted by atomic mass is 19.1. The molecule has 3 heteroatoms. The summed E-state index contributed by atoms with van der Waals surface area (Å²) in [6, 6.07) is 0. The average Bonchev–Trinajstić information content (AvgIpc) is 1.61. The maximum atomic E-state index is 11.8. The molecular formula is C6H9FO2. The second-order valence-electron chi connectivity index (χ2n) is 2.44. The van der Waals surface area contributed by atoms with Crippen molar-refractivity contribution in [2.75, 3.05) is 6.67 Å². The zero-order valence-corrected chi connectivity index (χ0v) is 5.01. The van der Waals surface area contributed by atoms with Gasteiger partial charge in [0, 0.05) is 5.92 Å². The summed E-state index contributed by atoms with van der Waals surface area (Å²) in [6.45, 7) is -0.475. The summed E-state index contributed by atoms with van der Waals surface area (Å²) in [7, 11) is 0. The minimum atomic E-state index is -0.844. The standard InChI is InChI=1S/C6H9FO2/c7-3-4-1-2-5(4)6(8)9/h4-5H,1-3H2,(H,8,9)/t4-,5-/m0/s1. The number of aliphatic carboxylic acids is 1. The Kier molecular flexibility index (Phi) is 1.69. The third kappa shape index (κ3) is 1.04. The Labute approximate surface area is 52.7 Å². The minimum absolute atomic E-state index is 0.192. The van der Waals surface area contributed by atoms with Crippen molar-refractivity contribution in [2.45, 2.75) is 12.8 Å². The maximum Gasteiger partial charge on any atom is 0.306 e. The van der Waals surface area contributed by atoms with Crippen LogP contribution in [0, 0.1) is 11.8 Å². The van der Waals surface area contributed by atoms with Gasteiger partial charge in [-0.1, -0.05) is 0 Å². The van der Waals surface area contributed by atoms with E-state index < -0.39 is 18.6 Å². The van der Waals surface area contributed by atoms with Crippen LogP contribution >= 0.6 is 0 Å². The summed E-state index contributed by atoms with van der Waals surface area (Å²) in [5, 5.41) is 8.37. The van der Waals surface area contributed by atoms with E-state index in [0.29, 0.717) is 6.42 Å². The molecule has 0 amide bonds. The third-order valence-electron chi connectivity index (χ3n) is 1.93. The Bertz CT molecular complexity index is 122. The van der Waals surface area contributed by atoms with Crippen LogP contribution < -0.4 is 0 Å². The highest BCUT2D eigenvalue weighted by molar-refractivity contribution is 5.71. The van der Waals surface area contributed by atoms with Gasteiger partial charge in [-0.2, -0.15) is 0 Å². The normalized spacial score (nSPS) is 33.4. The summed E-state index contributed by atoms with van der Waals surface area (Å²) >= 11 is 0. The first kappa shape index (κ1) is 6.52. The molecule has 0 aromatic rings. The summed E-state index contributed by atoms with van der Waals surface area (Å²) in [5.74, 6) is -1.43. The lowest BCUT2D eigenvalue weighted by Crippen LogP contribution is -2.33. The van der Waals surface area contributed by atoms with E-state index in [1.54, 1.807) is 0 Å². The summed E-state index contributed by atoms with van der Waals surface area (Å²) in [6.07, 6.45) is 1.40. The van der Waals surface area contributed by atoms with E-state index in [-0.39, 0.29) is 5.92 Å². The molecule has 1 aliphatic rings. The van der Waals surface area contributed by atoms with E-state index >= 15 is 0 Å². The Morgan fingerprint density at radius 1 is 1.67 bits per heavy atom. The molecule has 0 heterocycles. The van der Waals surface area contributed by atoms with E-state index in [2.05, 4.69) is 0 Å². The molecule has 2 atom stereocenters. The Balaban J connectivity index is 2.35. The van der Waals surface area contributed by atoms with Crippen LogP contribution in [0.3, 0.4) is 0 Å². The lowest BCUT2D eigenvalue weighted by Gasteiger charge is -2.30. The molecule has 1 fully saturated rings. The molecule has 0 radical (unpaired) electrons. The van der Waals surface area contributed by atoms with E-state index in [1.165, 1.54) is 0 Å². The van der Waals surface area contributed by atoms with Crippen molar-refractivity contribution in [2.24, 2.45) is 11.8 Å². The number of carboxylic acids is 1. The topological polar surface area (TPSA) is 37.3 Å². The van der Waals surface area contributed by atoms with Crippen LogP contribution in [0.25, 0.3) is 0 Å². The second-order valence-corrected chi connectivity index (χ2v) is 2.44. The molecule has 0 aromatic carbocycles. The van der Waals surface area contributed by atoms with Gasteiger partial charge in [-0.15, -0.1) is 0 Å². The predicted octanol–water partition coefficient (Wildman–Crippen LogP) is 1.07. The van der Waals surface area contributed by atoms with Crippen molar-refractivity contribution in [1.29, 1.82) is 0 Å². The van der Waals surface area contributed by atoms with Gasteiger partial charge in [0.25, 0.3) is 0 Å². The van der Waals surface area contributed by atoms with Crippen LogP contribution in [0.4, 0.5) is 4.39 Å². The number of carbonyl (C=O) groups is 1. The fourth-order valence-corrected chi connectivity index (χ4v) is 1.08. The Morgan fingerprint density at radius 3 is 2.44 bits per heavy atom. The van der Waals surface area contributed by atoms with Gasteiger partial charge < -0.3 is 5.11 Å². The van der Waals surface area contributed by atoms with Crippen LogP contribution in [-0.2, 0) is 4.79 Å². The van der Waals surface area contributed by atoms with Crippen molar-refractivity contribution in [3.63, 3.8) is 0 Å². The molecular weight excluding hydrogens is 123 g/mol. The van der Waals surface area contributed by atoms with Crippen LogP contribution in [-0.4, -0.2) is 17.8 Å². The Morgan fingerprint density at radius 2 is 2.33 bits per heavy atom. The van der Waals surface area contributed by atoms with Gasteiger partial charge in [0.1, 0.15) is 0 Å². The molecule has 0 spiro atoms. The molecule has 1 saturated carbocycles.